The second kappa shape index (κ2) is 15.5. The van der Waals surface area contributed by atoms with Crippen LogP contribution in [0.4, 0.5) is 16.2 Å². The lowest BCUT2D eigenvalue weighted by Crippen LogP contribution is -2.40. The van der Waals surface area contributed by atoms with E-state index in [1.54, 1.807) is 23.1 Å². The molecule has 0 unspecified atom stereocenters. The van der Waals surface area contributed by atoms with E-state index in [0.717, 1.165) is 27.2 Å². The first-order chi connectivity index (χ1) is 21.7. The monoisotopic (exact) mass is 605 g/mol. The van der Waals surface area contributed by atoms with E-state index in [1.165, 1.54) is 6.34 Å². The molecule has 5 amide bonds. The Hall–Kier alpha value is -5.97. The fourth-order valence-electron chi connectivity index (χ4n) is 4.92. The van der Waals surface area contributed by atoms with E-state index in [9.17, 15) is 19.2 Å². The molecule has 0 heterocycles. The minimum atomic E-state index is -0.648. The van der Waals surface area contributed by atoms with Crippen LogP contribution in [0, 0.1) is 0 Å². The summed E-state index contributed by atoms with van der Waals surface area (Å²) in [6, 6.07) is 30.1. The lowest BCUT2D eigenvalue weighted by Gasteiger charge is -2.28. The summed E-state index contributed by atoms with van der Waals surface area (Å²) in [6.07, 6.45) is 1.07. The number of hydrazone groups is 1. The van der Waals surface area contributed by atoms with Crippen LogP contribution in [0.1, 0.15) is 27.8 Å². The maximum Gasteiger partial charge on any atom is 0.312 e. The zero-order chi connectivity index (χ0) is 32.2. The van der Waals surface area contributed by atoms with Crippen molar-refractivity contribution in [2.45, 2.75) is 32.4 Å². The minimum Gasteiger partial charge on any atom is -0.369 e. The summed E-state index contributed by atoms with van der Waals surface area (Å²) in [4.78, 5) is 54.1. The van der Waals surface area contributed by atoms with Gasteiger partial charge in [0.2, 0.25) is 17.7 Å². The number of carbonyl (C=O) groups excluding carboxylic acids is 4. The summed E-state index contributed by atoms with van der Waals surface area (Å²) in [5.41, 5.74) is 15.2. The SMILES string of the molecule is N/N=C/N(Cc1ccc(CNC(N)=O)cc1)c1cccc(N(C(=O)Cc2ccccc2)C(=O)Cc2ccccc2)c1CC(N)=O. The molecule has 11 heteroatoms. The molecule has 0 radical (unpaired) electrons. The van der Waals surface area contributed by atoms with Crippen LogP contribution in [-0.4, -0.2) is 30.1 Å². The van der Waals surface area contributed by atoms with Crippen molar-refractivity contribution in [1.82, 2.24) is 5.32 Å². The fourth-order valence-corrected chi connectivity index (χ4v) is 4.92. The van der Waals surface area contributed by atoms with E-state index in [0.29, 0.717) is 11.3 Å². The predicted molar refractivity (Wildman–Crippen MR) is 174 cm³/mol. The molecule has 0 bridgehead atoms. The molecule has 4 aromatic carbocycles. The Kier molecular flexibility index (Phi) is 11.0. The zero-order valence-corrected chi connectivity index (χ0v) is 24.6. The number of hydrogen-bond acceptors (Lipinski definition) is 6. The Morgan fingerprint density at radius 2 is 1.18 bits per heavy atom. The second-order valence-electron chi connectivity index (χ2n) is 10.3. The first kappa shape index (κ1) is 32.0. The Bertz CT molecular complexity index is 1610. The third kappa shape index (κ3) is 9.01. The summed E-state index contributed by atoms with van der Waals surface area (Å²) in [7, 11) is 0. The quantitative estimate of drug-likeness (QED) is 0.0787. The fraction of sp³-hybridized carbons (Fsp3) is 0.147. The predicted octanol–water partition coefficient (Wildman–Crippen LogP) is 3.14. The van der Waals surface area contributed by atoms with E-state index >= 15 is 0 Å². The van der Waals surface area contributed by atoms with Crippen LogP contribution in [0.3, 0.4) is 0 Å². The van der Waals surface area contributed by atoms with E-state index in [4.69, 9.17) is 17.3 Å². The Balaban J connectivity index is 1.75. The number of anilines is 2. The number of hydrogen-bond donors (Lipinski definition) is 4. The summed E-state index contributed by atoms with van der Waals surface area (Å²) in [5.74, 6) is 4.04. The standard InChI is InChI=1S/C34H35N7O4/c35-31(42)20-28-29(40(23-39-37)22-27-16-14-26(15-17-27)21-38-34(36)45)12-7-13-30(28)41(32(43)18-24-8-3-1-4-9-24)33(44)19-25-10-5-2-6-11-25/h1-17,23H,18-22,37H2,(H2,35,42)(H3,36,38,45)/b39-23+. The number of nitrogens with one attached hydrogen (secondary N) is 1. The number of primary amides is 2. The van der Waals surface area contributed by atoms with Gasteiger partial charge in [-0.3, -0.25) is 14.4 Å². The molecular weight excluding hydrogens is 570 g/mol. The van der Waals surface area contributed by atoms with Crippen molar-refractivity contribution < 1.29 is 19.2 Å². The molecule has 0 fully saturated rings. The average molecular weight is 606 g/mol. The number of urea groups is 1. The molecule has 0 aliphatic carbocycles. The molecule has 4 rings (SSSR count). The molecule has 0 atom stereocenters. The van der Waals surface area contributed by atoms with Crippen molar-refractivity contribution in [2.75, 3.05) is 9.80 Å². The molecule has 7 N–H and O–H groups in total. The number of amides is 5. The van der Waals surface area contributed by atoms with Crippen LogP contribution >= 0.6 is 0 Å². The van der Waals surface area contributed by atoms with Gasteiger partial charge in [-0.05, 0) is 34.4 Å². The van der Waals surface area contributed by atoms with Crippen molar-refractivity contribution in [1.29, 1.82) is 0 Å². The van der Waals surface area contributed by atoms with Crippen molar-refractivity contribution in [3.8, 4) is 0 Å². The van der Waals surface area contributed by atoms with Gasteiger partial charge in [0.05, 0.1) is 24.9 Å². The number of imide groups is 1. The van der Waals surface area contributed by atoms with E-state index < -0.39 is 23.8 Å². The molecule has 0 aromatic heterocycles. The Labute approximate surface area is 261 Å². The number of nitrogens with zero attached hydrogens (tertiary/aromatic N) is 3. The van der Waals surface area contributed by atoms with Crippen LogP contribution in [0.25, 0.3) is 0 Å². The molecule has 45 heavy (non-hydrogen) atoms. The third-order valence-electron chi connectivity index (χ3n) is 6.97. The molecule has 11 nitrogen and oxygen atoms in total. The largest absolute Gasteiger partial charge is 0.369 e. The second-order valence-corrected chi connectivity index (χ2v) is 10.3. The number of rotatable bonds is 13. The molecule has 4 aromatic rings. The smallest absolute Gasteiger partial charge is 0.312 e. The minimum absolute atomic E-state index is 0.0352. The third-order valence-corrected chi connectivity index (χ3v) is 6.97. The Morgan fingerprint density at radius 3 is 1.69 bits per heavy atom. The van der Waals surface area contributed by atoms with Gasteiger partial charge < -0.3 is 27.5 Å². The van der Waals surface area contributed by atoms with Gasteiger partial charge in [0.15, 0.2) is 0 Å². The highest BCUT2D eigenvalue weighted by Gasteiger charge is 2.28. The van der Waals surface area contributed by atoms with E-state index in [1.807, 2.05) is 84.9 Å². The highest BCUT2D eigenvalue weighted by atomic mass is 16.2. The lowest BCUT2D eigenvalue weighted by atomic mass is 10.0. The number of carbonyl (C=O) groups is 4. The van der Waals surface area contributed by atoms with Crippen LogP contribution in [0.15, 0.2) is 108 Å². The van der Waals surface area contributed by atoms with Crippen molar-refractivity contribution >= 4 is 41.5 Å². The van der Waals surface area contributed by atoms with Crippen molar-refractivity contribution in [2.24, 2.45) is 22.4 Å². The molecule has 0 aliphatic heterocycles. The molecule has 0 saturated heterocycles. The van der Waals surface area contributed by atoms with Gasteiger partial charge in [0, 0.05) is 24.3 Å². The highest BCUT2D eigenvalue weighted by Crippen LogP contribution is 2.33. The zero-order valence-electron chi connectivity index (χ0n) is 24.6. The summed E-state index contributed by atoms with van der Waals surface area (Å²) >= 11 is 0. The summed E-state index contributed by atoms with van der Waals surface area (Å²) < 4.78 is 0. The normalized spacial score (nSPS) is 10.8. The topological polar surface area (TPSA) is 177 Å². The van der Waals surface area contributed by atoms with Crippen LogP contribution in [0.2, 0.25) is 0 Å². The molecule has 230 valence electrons. The molecular formula is C34H35N7O4. The molecule has 0 spiro atoms. The van der Waals surface area contributed by atoms with Gasteiger partial charge in [-0.15, -0.1) is 0 Å². The Morgan fingerprint density at radius 1 is 0.644 bits per heavy atom. The van der Waals surface area contributed by atoms with Crippen molar-refractivity contribution in [3.63, 3.8) is 0 Å². The summed E-state index contributed by atoms with van der Waals surface area (Å²) in [5, 5.41) is 6.27. The average Bonchev–Trinajstić information content (AvgIpc) is 3.02. The van der Waals surface area contributed by atoms with E-state index in [2.05, 4.69) is 10.4 Å². The van der Waals surface area contributed by atoms with Gasteiger partial charge in [0.1, 0.15) is 6.34 Å². The number of benzene rings is 4. The molecule has 0 aliphatic rings. The summed E-state index contributed by atoms with van der Waals surface area (Å²) in [6.45, 7) is 0.549. The maximum absolute atomic E-state index is 13.9. The van der Waals surface area contributed by atoms with Crippen molar-refractivity contribution in [3.05, 3.63) is 131 Å². The number of nitrogens with two attached hydrogens (primary N) is 3. The lowest BCUT2D eigenvalue weighted by molar-refractivity contribution is -0.126. The van der Waals surface area contributed by atoms with E-state index in [-0.39, 0.29) is 38.0 Å². The maximum atomic E-state index is 13.9. The van der Waals surface area contributed by atoms with Crippen LogP contribution in [0.5, 0.6) is 0 Å². The first-order valence-electron chi connectivity index (χ1n) is 14.2. The van der Waals surface area contributed by atoms with Gasteiger partial charge in [-0.25, -0.2) is 9.69 Å². The van der Waals surface area contributed by atoms with Crippen LogP contribution in [-0.2, 0) is 46.7 Å². The van der Waals surface area contributed by atoms with Gasteiger partial charge in [-0.2, -0.15) is 5.10 Å². The van der Waals surface area contributed by atoms with Gasteiger partial charge in [-0.1, -0.05) is 91.0 Å². The highest BCUT2D eigenvalue weighted by molar-refractivity contribution is 6.17. The first-order valence-corrected chi connectivity index (χ1v) is 14.2. The van der Waals surface area contributed by atoms with Gasteiger partial charge >= 0.3 is 6.03 Å². The van der Waals surface area contributed by atoms with Gasteiger partial charge in [0.25, 0.3) is 0 Å². The molecule has 0 saturated carbocycles. The van der Waals surface area contributed by atoms with Crippen LogP contribution < -0.4 is 32.4 Å².